The van der Waals surface area contributed by atoms with Crippen molar-refractivity contribution < 1.29 is 8.78 Å². The smallest absolute Gasteiger partial charge is 0.261 e. The van der Waals surface area contributed by atoms with Crippen LogP contribution in [-0.2, 0) is 0 Å². The minimum absolute atomic E-state index is 0.0286. The van der Waals surface area contributed by atoms with E-state index in [9.17, 15) is 8.78 Å². The average Bonchev–Trinajstić information content (AvgIpc) is 2.12. The predicted molar refractivity (Wildman–Crippen MR) is 36.3 cm³/mol. The molecule has 1 fully saturated rings. The zero-order chi connectivity index (χ0) is 7.61. The van der Waals surface area contributed by atoms with E-state index >= 15 is 0 Å². The zero-order valence-electron chi connectivity index (χ0n) is 6.16. The first-order valence-corrected chi connectivity index (χ1v) is 3.75. The fourth-order valence-electron chi connectivity index (χ4n) is 1.35. The highest BCUT2D eigenvalue weighted by molar-refractivity contribution is 4.86. The minimum atomic E-state index is -2.44. The van der Waals surface area contributed by atoms with Crippen LogP contribution in [0.15, 0.2) is 0 Å². The molecule has 0 aromatic heterocycles. The van der Waals surface area contributed by atoms with Crippen LogP contribution in [0.1, 0.15) is 26.2 Å². The van der Waals surface area contributed by atoms with Gasteiger partial charge in [0, 0.05) is 12.5 Å². The Morgan fingerprint density at radius 1 is 1.60 bits per heavy atom. The molecule has 1 rings (SSSR count). The van der Waals surface area contributed by atoms with Gasteiger partial charge in [-0.15, -0.1) is 0 Å². The van der Waals surface area contributed by atoms with Crippen LogP contribution >= 0.6 is 0 Å². The van der Waals surface area contributed by atoms with Crippen LogP contribution in [0.4, 0.5) is 8.78 Å². The van der Waals surface area contributed by atoms with Crippen molar-refractivity contribution in [1.82, 2.24) is 5.32 Å². The van der Waals surface area contributed by atoms with Crippen molar-refractivity contribution in [3.05, 3.63) is 0 Å². The van der Waals surface area contributed by atoms with Gasteiger partial charge in [-0.3, -0.25) is 0 Å². The number of halogens is 2. The summed E-state index contributed by atoms with van der Waals surface area (Å²) < 4.78 is 24.9. The summed E-state index contributed by atoms with van der Waals surface area (Å²) in [7, 11) is 0. The van der Waals surface area contributed by atoms with Gasteiger partial charge in [0.15, 0.2) is 0 Å². The van der Waals surface area contributed by atoms with E-state index in [0.717, 1.165) is 12.8 Å². The Morgan fingerprint density at radius 3 is 2.70 bits per heavy atom. The van der Waals surface area contributed by atoms with Crippen molar-refractivity contribution in [2.45, 2.75) is 38.2 Å². The summed E-state index contributed by atoms with van der Waals surface area (Å²) in [6.07, 6.45) is 1.88. The topological polar surface area (TPSA) is 12.0 Å². The molecular formula is C7H13F2N. The van der Waals surface area contributed by atoms with E-state index < -0.39 is 5.92 Å². The van der Waals surface area contributed by atoms with Gasteiger partial charge in [-0.2, -0.15) is 0 Å². The predicted octanol–water partition coefficient (Wildman–Crippen LogP) is 1.78. The number of nitrogens with one attached hydrogen (secondary N) is 1. The Kier molecular flexibility index (Phi) is 2.24. The van der Waals surface area contributed by atoms with Crippen molar-refractivity contribution in [3.63, 3.8) is 0 Å². The molecule has 0 aromatic carbocycles. The van der Waals surface area contributed by atoms with Crippen molar-refractivity contribution in [1.29, 1.82) is 0 Å². The molecule has 1 aliphatic heterocycles. The highest BCUT2D eigenvalue weighted by atomic mass is 19.3. The molecule has 1 saturated heterocycles. The molecule has 1 atom stereocenters. The van der Waals surface area contributed by atoms with Gasteiger partial charge in [0.1, 0.15) is 0 Å². The van der Waals surface area contributed by atoms with E-state index in [1.807, 2.05) is 6.92 Å². The van der Waals surface area contributed by atoms with E-state index in [-0.39, 0.29) is 19.0 Å². The van der Waals surface area contributed by atoms with Crippen LogP contribution in [-0.4, -0.2) is 18.5 Å². The van der Waals surface area contributed by atoms with Crippen molar-refractivity contribution >= 4 is 0 Å². The van der Waals surface area contributed by atoms with Gasteiger partial charge in [0.25, 0.3) is 5.92 Å². The Balaban J connectivity index is 2.29. The second kappa shape index (κ2) is 2.82. The average molecular weight is 149 g/mol. The van der Waals surface area contributed by atoms with Crippen LogP contribution < -0.4 is 5.32 Å². The summed E-state index contributed by atoms with van der Waals surface area (Å²) in [5, 5.41) is 2.80. The SMILES string of the molecule is CCC[C@@H]1CC(F)(F)CN1. The molecule has 0 saturated carbocycles. The summed E-state index contributed by atoms with van der Waals surface area (Å²) in [5.74, 6) is -2.44. The molecule has 1 heterocycles. The van der Waals surface area contributed by atoms with E-state index in [2.05, 4.69) is 5.32 Å². The van der Waals surface area contributed by atoms with Crippen LogP contribution in [0.3, 0.4) is 0 Å². The molecule has 0 aromatic rings. The standard InChI is InChI=1S/C7H13F2N/c1-2-3-6-4-7(8,9)5-10-6/h6,10H,2-5H2,1H3/t6-/m1/s1. The second-order valence-corrected chi connectivity index (χ2v) is 2.93. The first kappa shape index (κ1) is 7.92. The van der Waals surface area contributed by atoms with E-state index in [4.69, 9.17) is 0 Å². The fourth-order valence-corrected chi connectivity index (χ4v) is 1.35. The van der Waals surface area contributed by atoms with Gasteiger partial charge in [-0.25, -0.2) is 8.78 Å². The highest BCUT2D eigenvalue weighted by Crippen LogP contribution is 2.26. The molecule has 1 aliphatic rings. The minimum Gasteiger partial charge on any atom is -0.308 e. The van der Waals surface area contributed by atoms with E-state index in [0.29, 0.717) is 0 Å². The maximum absolute atomic E-state index is 12.5. The maximum atomic E-state index is 12.5. The van der Waals surface area contributed by atoms with Crippen LogP contribution in [0.5, 0.6) is 0 Å². The molecule has 0 amide bonds. The van der Waals surface area contributed by atoms with Crippen LogP contribution in [0, 0.1) is 0 Å². The lowest BCUT2D eigenvalue weighted by molar-refractivity contribution is 0.0208. The lowest BCUT2D eigenvalue weighted by Crippen LogP contribution is -2.22. The summed E-state index contributed by atoms with van der Waals surface area (Å²) in [4.78, 5) is 0. The van der Waals surface area contributed by atoms with Gasteiger partial charge in [-0.1, -0.05) is 13.3 Å². The molecule has 0 unspecified atom stereocenters. The number of alkyl halides is 2. The molecule has 3 heteroatoms. The molecule has 60 valence electrons. The van der Waals surface area contributed by atoms with Crippen LogP contribution in [0.25, 0.3) is 0 Å². The summed E-state index contributed by atoms with van der Waals surface area (Å²) in [5.41, 5.74) is 0. The normalized spacial score (nSPS) is 30.9. The van der Waals surface area contributed by atoms with E-state index in [1.165, 1.54) is 0 Å². The first-order chi connectivity index (χ1) is 4.64. The highest BCUT2D eigenvalue weighted by Gasteiger charge is 2.38. The Bertz CT molecular complexity index is 114. The monoisotopic (exact) mass is 149 g/mol. The van der Waals surface area contributed by atoms with Gasteiger partial charge >= 0.3 is 0 Å². The zero-order valence-corrected chi connectivity index (χ0v) is 6.16. The Labute approximate surface area is 59.8 Å². The maximum Gasteiger partial charge on any atom is 0.261 e. The molecular weight excluding hydrogens is 136 g/mol. The van der Waals surface area contributed by atoms with Crippen LogP contribution in [0.2, 0.25) is 0 Å². The lowest BCUT2D eigenvalue weighted by Gasteiger charge is -2.07. The molecule has 0 radical (unpaired) electrons. The molecule has 10 heavy (non-hydrogen) atoms. The van der Waals surface area contributed by atoms with Crippen molar-refractivity contribution in [2.24, 2.45) is 0 Å². The number of hydrogen-bond acceptors (Lipinski definition) is 1. The second-order valence-electron chi connectivity index (χ2n) is 2.93. The fraction of sp³-hybridized carbons (Fsp3) is 1.00. The molecule has 1 N–H and O–H groups in total. The number of hydrogen-bond donors (Lipinski definition) is 1. The molecule has 0 aliphatic carbocycles. The molecule has 0 bridgehead atoms. The lowest BCUT2D eigenvalue weighted by atomic mass is 10.1. The molecule has 0 spiro atoms. The van der Waals surface area contributed by atoms with Gasteiger partial charge in [0.05, 0.1) is 6.54 Å². The van der Waals surface area contributed by atoms with Crippen molar-refractivity contribution in [2.75, 3.05) is 6.54 Å². The van der Waals surface area contributed by atoms with Gasteiger partial charge in [-0.05, 0) is 6.42 Å². The number of rotatable bonds is 2. The Hall–Kier alpha value is -0.180. The van der Waals surface area contributed by atoms with Crippen molar-refractivity contribution in [3.8, 4) is 0 Å². The summed E-state index contributed by atoms with van der Waals surface area (Å²) >= 11 is 0. The summed E-state index contributed by atoms with van der Waals surface area (Å²) in [6, 6.07) is 0.0556. The third-order valence-electron chi connectivity index (χ3n) is 1.83. The third-order valence-corrected chi connectivity index (χ3v) is 1.83. The van der Waals surface area contributed by atoms with Gasteiger partial charge in [0.2, 0.25) is 0 Å². The quantitative estimate of drug-likeness (QED) is 0.631. The van der Waals surface area contributed by atoms with E-state index in [1.54, 1.807) is 0 Å². The summed E-state index contributed by atoms with van der Waals surface area (Å²) in [6.45, 7) is 1.88. The van der Waals surface area contributed by atoms with Gasteiger partial charge < -0.3 is 5.32 Å². The molecule has 1 nitrogen and oxygen atoms in total. The Morgan fingerprint density at radius 2 is 2.30 bits per heavy atom. The largest absolute Gasteiger partial charge is 0.308 e. The third kappa shape index (κ3) is 1.90. The first-order valence-electron chi connectivity index (χ1n) is 3.75.